The molecule has 1 atom stereocenters. The average molecular weight is 360 g/mol. The van der Waals surface area contributed by atoms with E-state index in [9.17, 15) is 0 Å². The molecule has 1 aliphatic carbocycles. The smallest absolute Gasteiger partial charge is 0.0888 e. The summed E-state index contributed by atoms with van der Waals surface area (Å²) < 4.78 is 14.3. The second-order valence-corrected chi connectivity index (χ2v) is 6.50. The maximum Gasteiger partial charge on any atom is 0.0888 e. The molecule has 120 valence electrons. The van der Waals surface area contributed by atoms with E-state index < -0.39 is 0 Å². The minimum absolute atomic E-state index is 0.122. The van der Waals surface area contributed by atoms with Crippen molar-refractivity contribution in [2.75, 3.05) is 27.9 Å². The van der Waals surface area contributed by atoms with Crippen molar-refractivity contribution in [1.29, 1.82) is 0 Å². The van der Waals surface area contributed by atoms with Crippen LogP contribution in [0.4, 0.5) is 0 Å². The quantitative estimate of drug-likeness (QED) is 0.812. The Kier molecular flexibility index (Phi) is 6.22. The lowest BCUT2D eigenvalue weighted by molar-refractivity contribution is -0.0693. The van der Waals surface area contributed by atoms with Crippen LogP contribution in [0.5, 0.6) is 0 Å². The van der Waals surface area contributed by atoms with Crippen LogP contribution in [0, 0.1) is 0 Å². The Hall–Kier alpha value is -0.430. The Morgan fingerprint density at radius 2 is 2.10 bits per heavy atom. The lowest BCUT2D eigenvalue weighted by Gasteiger charge is -2.42. The van der Waals surface area contributed by atoms with Gasteiger partial charge in [0.15, 0.2) is 0 Å². The number of hydrogen-bond acceptors (Lipinski definition) is 4. The van der Waals surface area contributed by atoms with Crippen LogP contribution in [0.2, 0.25) is 0 Å². The normalized spacial score (nSPS) is 19.6. The molecule has 2 rings (SSSR count). The number of rotatable bonds is 7. The molecule has 1 aliphatic rings. The van der Waals surface area contributed by atoms with Gasteiger partial charge in [0.2, 0.25) is 0 Å². The highest BCUT2D eigenvalue weighted by atomic mass is 79.9. The molecule has 0 radical (unpaired) electrons. The molecule has 1 unspecified atom stereocenters. The van der Waals surface area contributed by atoms with Crippen LogP contribution in [0.15, 0.2) is 10.7 Å². The first kappa shape index (κ1) is 16.9. The first-order valence-electron chi connectivity index (χ1n) is 7.61. The van der Waals surface area contributed by atoms with Gasteiger partial charge in [-0.2, -0.15) is 5.10 Å². The van der Waals surface area contributed by atoms with Gasteiger partial charge in [-0.15, -0.1) is 0 Å². The van der Waals surface area contributed by atoms with E-state index in [-0.39, 0.29) is 11.6 Å². The Labute approximate surface area is 135 Å². The number of ether oxygens (including phenoxy) is 2. The highest BCUT2D eigenvalue weighted by Gasteiger charge is 2.42. The summed E-state index contributed by atoms with van der Waals surface area (Å²) in [5.74, 6) is 0. The van der Waals surface area contributed by atoms with E-state index in [1.165, 1.54) is 19.3 Å². The molecule has 1 saturated carbocycles. The van der Waals surface area contributed by atoms with E-state index in [4.69, 9.17) is 9.47 Å². The molecule has 21 heavy (non-hydrogen) atoms. The number of halogens is 1. The zero-order valence-corrected chi connectivity index (χ0v) is 14.8. The van der Waals surface area contributed by atoms with Crippen molar-refractivity contribution in [3.8, 4) is 0 Å². The number of methoxy groups -OCH3 is 2. The van der Waals surface area contributed by atoms with E-state index in [1.54, 1.807) is 7.11 Å². The fraction of sp³-hybridized carbons (Fsp3) is 0.800. The Morgan fingerprint density at radius 1 is 1.38 bits per heavy atom. The highest BCUT2D eigenvalue weighted by molar-refractivity contribution is 9.10. The number of aromatic nitrogens is 2. The third kappa shape index (κ3) is 3.50. The largest absolute Gasteiger partial charge is 0.383 e. The Balaban J connectivity index is 2.33. The number of likely N-dealkylation sites (N-methyl/N-ethyl adjacent to an activating group) is 1. The summed E-state index contributed by atoms with van der Waals surface area (Å²) in [7, 11) is 5.55. The predicted molar refractivity (Wildman–Crippen MR) is 86.4 cm³/mol. The zero-order chi connectivity index (χ0) is 15.3. The van der Waals surface area contributed by atoms with Gasteiger partial charge in [-0.3, -0.25) is 4.68 Å². The second-order valence-electron chi connectivity index (χ2n) is 5.64. The third-order valence-electron chi connectivity index (χ3n) is 4.54. The van der Waals surface area contributed by atoms with Gasteiger partial charge < -0.3 is 14.8 Å². The molecule has 0 amide bonds. The Morgan fingerprint density at radius 3 is 2.67 bits per heavy atom. The van der Waals surface area contributed by atoms with Crippen molar-refractivity contribution in [1.82, 2.24) is 15.1 Å². The van der Waals surface area contributed by atoms with Crippen LogP contribution < -0.4 is 5.32 Å². The van der Waals surface area contributed by atoms with E-state index in [0.717, 1.165) is 29.6 Å². The van der Waals surface area contributed by atoms with Crippen molar-refractivity contribution in [2.45, 2.75) is 50.3 Å². The van der Waals surface area contributed by atoms with Gasteiger partial charge >= 0.3 is 0 Å². The number of hydrogen-bond donors (Lipinski definition) is 1. The number of nitrogens with one attached hydrogen (secondary N) is 1. The van der Waals surface area contributed by atoms with Crippen LogP contribution in [0.25, 0.3) is 0 Å². The molecule has 0 aliphatic heterocycles. The molecule has 5 nitrogen and oxygen atoms in total. The van der Waals surface area contributed by atoms with E-state index in [1.807, 2.05) is 25.0 Å². The Bertz CT molecular complexity index is 444. The molecular weight excluding hydrogens is 334 g/mol. The first-order valence-corrected chi connectivity index (χ1v) is 8.40. The van der Waals surface area contributed by atoms with Crippen molar-refractivity contribution in [3.05, 3.63) is 16.4 Å². The van der Waals surface area contributed by atoms with Crippen molar-refractivity contribution in [3.63, 3.8) is 0 Å². The topological polar surface area (TPSA) is 48.3 Å². The predicted octanol–water partition coefficient (Wildman–Crippen LogP) is 2.90. The van der Waals surface area contributed by atoms with Crippen molar-refractivity contribution < 1.29 is 9.47 Å². The molecule has 0 bridgehead atoms. The lowest BCUT2D eigenvalue weighted by atomic mass is 9.78. The zero-order valence-electron chi connectivity index (χ0n) is 13.2. The standard InChI is InChI=1S/C15H26BrN3O2/c1-17-14(15(21-3)7-5-4-6-8-15)13-12(16)11-18-19(13)9-10-20-2/h11,14,17H,4-10H2,1-3H3. The summed E-state index contributed by atoms with van der Waals surface area (Å²) in [6.45, 7) is 1.40. The molecular formula is C15H26BrN3O2. The average Bonchev–Trinajstić information content (AvgIpc) is 2.88. The van der Waals surface area contributed by atoms with Gasteiger partial charge in [0.25, 0.3) is 0 Å². The van der Waals surface area contributed by atoms with Crippen LogP contribution in [0.1, 0.15) is 43.8 Å². The van der Waals surface area contributed by atoms with E-state index in [2.05, 4.69) is 26.3 Å². The summed E-state index contributed by atoms with van der Waals surface area (Å²) in [5.41, 5.74) is 0.999. The molecule has 1 aromatic heterocycles. The van der Waals surface area contributed by atoms with Crippen molar-refractivity contribution in [2.24, 2.45) is 0 Å². The molecule has 1 heterocycles. The van der Waals surface area contributed by atoms with Gasteiger partial charge in [-0.05, 0) is 35.8 Å². The van der Waals surface area contributed by atoms with Crippen LogP contribution in [-0.2, 0) is 16.0 Å². The monoisotopic (exact) mass is 359 g/mol. The maximum atomic E-state index is 6.01. The molecule has 1 fully saturated rings. The van der Waals surface area contributed by atoms with Gasteiger partial charge in [0.1, 0.15) is 0 Å². The third-order valence-corrected chi connectivity index (χ3v) is 5.15. The molecule has 6 heteroatoms. The van der Waals surface area contributed by atoms with Gasteiger partial charge in [0.05, 0.1) is 41.2 Å². The van der Waals surface area contributed by atoms with Crippen LogP contribution >= 0.6 is 15.9 Å². The van der Waals surface area contributed by atoms with Crippen LogP contribution in [-0.4, -0.2) is 43.3 Å². The summed E-state index contributed by atoms with van der Waals surface area (Å²) in [6.07, 6.45) is 7.76. The van der Waals surface area contributed by atoms with E-state index >= 15 is 0 Å². The summed E-state index contributed by atoms with van der Waals surface area (Å²) in [4.78, 5) is 0. The molecule has 0 saturated heterocycles. The first-order chi connectivity index (χ1) is 10.2. The summed E-state index contributed by atoms with van der Waals surface area (Å²) in [6, 6.07) is 0.122. The fourth-order valence-corrected chi connectivity index (χ4v) is 3.95. The second kappa shape index (κ2) is 7.72. The van der Waals surface area contributed by atoms with Crippen LogP contribution in [0.3, 0.4) is 0 Å². The molecule has 0 aromatic carbocycles. The minimum Gasteiger partial charge on any atom is -0.383 e. The number of nitrogens with zero attached hydrogens (tertiary/aromatic N) is 2. The minimum atomic E-state index is -0.152. The fourth-order valence-electron chi connectivity index (χ4n) is 3.42. The van der Waals surface area contributed by atoms with E-state index in [0.29, 0.717) is 6.61 Å². The van der Waals surface area contributed by atoms with Gasteiger partial charge in [0, 0.05) is 14.2 Å². The maximum absolute atomic E-state index is 6.01. The van der Waals surface area contributed by atoms with Gasteiger partial charge in [-0.1, -0.05) is 19.3 Å². The molecule has 0 spiro atoms. The lowest BCUT2D eigenvalue weighted by Crippen LogP contribution is -2.47. The summed E-state index contributed by atoms with van der Waals surface area (Å²) in [5, 5.41) is 7.94. The van der Waals surface area contributed by atoms with Gasteiger partial charge in [-0.25, -0.2) is 0 Å². The molecule has 1 N–H and O–H groups in total. The summed E-state index contributed by atoms with van der Waals surface area (Å²) >= 11 is 3.65. The van der Waals surface area contributed by atoms with Crippen molar-refractivity contribution >= 4 is 15.9 Å². The molecule has 1 aromatic rings. The SMILES string of the molecule is CNC(c1c(Br)cnn1CCOC)C1(OC)CCCCC1. The highest BCUT2D eigenvalue weighted by Crippen LogP contribution is 2.42.